The second-order valence-corrected chi connectivity index (χ2v) is 7.12. The molecule has 0 saturated carbocycles. The van der Waals surface area contributed by atoms with Gasteiger partial charge in [0.15, 0.2) is 16.5 Å². The molecular formula is C21H15N3O3S. The summed E-state index contributed by atoms with van der Waals surface area (Å²) < 4.78 is 18.3. The Balaban J connectivity index is 1.70. The van der Waals surface area contributed by atoms with Crippen LogP contribution in [0.15, 0.2) is 47.8 Å². The van der Waals surface area contributed by atoms with Gasteiger partial charge in [-0.2, -0.15) is 5.26 Å². The maximum atomic E-state index is 9.45. The van der Waals surface area contributed by atoms with Gasteiger partial charge in [-0.25, -0.2) is 4.98 Å². The quantitative estimate of drug-likeness (QED) is 0.513. The van der Waals surface area contributed by atoms with Crippen molar-refractivity contribution < 1.29 is 14.2 Å². The highest BCUT2D eigenvalue weighted by molar-refractivity contribution is 7.15. The molecule has 7 heteroatoms. The first-order chi connectivity index (χ1) is 13.8. The molecule has 0 N–H and O–H groups in total. The molecule has 0 amide bonds. The van der Waals surface area contributed by atoms with Crippen molar-refractivity contribution in [3.63, 3.8) is 0 Å². The van der Waals surface area contributed by atoms with Crippen LogP contribution < -0.4 is 14.2 Å². The topological polar surface area (TPSA) is 68.8 Å². The molecule has 6 nitrogen and oxygen atoms in total. The number of ether oxygens (including phenoxy) is 3. The fourth-order valence-electron chi connectivity index (χ4n) is 3.41. The van der Waals surface area contributed by atoms with Crippen molar-refractivity contribution in [2.75, 3.05) is 13.9 Å². The van der Waals surface area contributed by atoms with Crippen molar-refractivity contribution in [2.24, 2.45) is 0 Å². The number of aromatic nitrogens is 2. The van der Waals surface area contributed by atoms with Crippen molar-refractivity contribution in [2.45, 2.75) is 6.42 Å². The summed E-state index contributed by atoms with van der Waals surface area (Å²) in [6.07, 6.45) is 0.249. The summed E-state index contributed by atoms with van der Waals surface area (Å²) in [5.41, 5.74) is 4.55. The van der Waals surface area contributed by atoms with Crippen LogP contribution in [0.25, 0.3) is 27.5 Å². The van der Waals surface area contributed by atoms with Gasteiger partial charge in [-0.1, -0.05) is 12.1 Å². The van der Waals surface area contributed by atoms with Gasteiger partial charge in [0.2, 0.25) is 6.79 Å². The molecule has 0 saturated heterocycles. The molecule has 0 fully saturated rings. The first kappa shape index (κ1) is 16.7. The third-order valence-electron chi connectivity index (χ3n) is 4.72. The molecule has 2 aromatic carbocycles. The van der Waals surface area contributed by atoms with Crippen LogP contribution in [0.1, 0.15) is 5.69 Å². The molecule has 1 aliphatic rings. The van der Waals surface area contributed by atoms with Crippen LogP contribution in [0.2, 0.25) is 0 Å². The van der Waals surface area contributed by atoms with E-state index in [1.165, 1.54) is 0 Å². The van der Waals surface area contributed by atoms with Gasteiger partial charge in [-0.15, -0.1) is 11.3 Å². The summed E-state index contributed by atoms with van der Waals surface area (Å²) in [4.78, 5) is 5.66. The zero-order chi connectivity index (χ0) is 19.1. The molecule has 1 aliphatic heterocycles. The fourth-order valence-corrected chi connectivity index (χ4v) is 4.33. The van der Waals surface area contributed by atoms with Crippen LogP contribution in [0.5, 0.6) is 17.2 Å². The lowest BCUT2D eigenvalue weighted by Crippen LogP contribution is -1.95. The molecule has 0 spiro atoms. The Labute approximate surface area is 165 Å². The van der Waals surface area contributed by atoms with Crippen LogP contribution in [0.3, 0.4) is 0 Å². The molecule has 0 atom stereocenters. The Kier molecular flexibility index (Phi) is 3.92. The Morgan fingerprint density at radius 3 is 2.93 bits per heavy atom. The lowest BCUT2D eigenvalue weighted by atomic mass is 10.1. The molecule has 138 valence electrons. The predicted molar refractivity (Wildman–Crippen MR) is 106 cm³/mol. The van der Waals surface area contributed by atoms with Gasteiger partial charge in [0, 0.05) is 16.5 Å². The molecule has 5 rings (SSSR count). The van der Waals surface area contributed by atoms with Crippen LogP contribution >= 0.6 is 11.3 Å². The summed E-state index contributed by atoms with van der Waals surface area (Å²) in [5.74, 6) is 2.21. The second kappa shape index (κ2) is 6.59. The van der Waals surface area contributed by atoms with Crippen molar-refractivity contribution in [3.05, 3.63) is 53.5 Å². The van der Waals surface area contributed by atoms with E-state index in [1.807, 2.05) is 42.5 Å². The standard InChI is InChI=1S/C21H15N3O3S/c1-25-15-4-2-3-13(9-15)17-11-28-21-23-20(16(7-8-22)24(17)21)14-5-6-18-19(10-14)27-12-26-18/h2-6,9-11H,7,12H2,1H3. The number of benzene rings is 2. The Morgan fingerprint density at radius 2 is 2.07 bits per heavy atom. The van der Waals surface area contributed by atoms with Crippen LogP contribution in [0.4, 0.5) is 0 Å². The fraction of sp³-hybridized carbons (Fsp3) is 0.143. The molecular weight excluding hydrogens is 374 g/mol. The summed E-state index contributed by atoms with van der Waals surface area (Å²) >= 11 is 1.55. The zero-order valence-corrected chi connectivity index (χ0v) is 15.8. The average Bonchev–Trinajstić information content (AvgIpc) is 3.43. The first-order valence-corrected chi connectivity index (χ1v) is 9.56. The predicted octanol–water partition coefficient (Wildman–Crippen LogP) is 4.53. The Bertz CT molecular complexity index is 1240. The maximum absolute atomic E-state index is 9.45. The van der Waals surface area contributed by atoms with E-state index in [9.17, 15) is 5.26 Å². The number of nitriles is 1. The van der Waals surface area contributed by atoms with E-state index in [2.05, 4.69) is 15.8 Å². The summed E-state index contributed by atoms with van der Waals surface area (Å²) in [6.45, 7) is 0.224. The van der Waals surface area contributed by atoms with Gasteiger partial charge in [0.25, 0.3) is 0 Å². The molecule has 0 bridgehead atoms. The second-order valence-electron chi connectivity index (χ2n) is 6.28. The van der Waals surface area contributed by atoms with E-state index in [1.54, 1.807) is 18.4 Å². The van der Waals surface area contributed by atoms with Gasteiger partial charge in [-0.3, -0.25) is 4.40 Å². The molecule has 3 heterocycles. The van der Waals surface area contributed by atoms with E-state index in [0.717, 1.165) is 44.7 Å². The van der Waals surface area contributed by atoms with E-state index < -0.39 is 0 Å². The largest absolute Gasteiger partial charge is 0.497 e. The summed E-state index contributed by atoms with van der Waals surface area (Å²) in [6, 6.07) is 15.9. The van der Waals surface area contributed by atoms with Gasteiger partial charge < -0.3 is 14.2 Å². The smallest absolute Gasteiger partial charge is 0.231 e. The normalized spacial score (nSPS) is 12.3. The average molecular weight is 389 g/mol. The molecule has 28 heavy (non-hydrogen) atoms. The number of methoxy groups -OCH3 is 1. The van der Waals surface area contributed by atoms with E-state index >= 15 is 0 Å². The highest BCUT2D eigenvalue weighted by Crippen LogP contribution is 2.39. The maximum Gasteiger partial charge on any atom is 0.231 e. The van der Waals surface area contributed by atoms with E-state index in [4.69, 9.17) is 19.2 Å². The minimum absolute atomic E-state index is 0.224. The molecule has 0 radical (unpaired) electrons. The van der Waals surface area contributed by atoms with Crippen LogP contribution in [0, 0.1) is 11.3 Å². The van der Waals surface area contributed by atoms with Crippen molar-refractivity contribution in [1.29, 1.82) is 5.26 Å². The Morgan fingerprint density at radius 1 is 1.18 bits per heavy atom. The van der Waals surface area contributed by atoms with Crippen molar-refractivity contribution in [3.8, 4) is 45.8 Å². The van der Waals surface area contributed by atoms with E-state index in [0.29, 0.717) is 5.75 Å². The monoisotopic (exact) mass is 389 g/mol. The number of fused-ring (bicyclic) bond motifs is 2. The van der Waals surface area contributed by atoms with Gasteiger partial charge in [-0.05, 0) is 30.3 Å². The van der Waals surface area contributed by atoms with Crippen molar-refractivity contribution in [1.82, 2.24) is 9.38 Å². The zero-order valence-electron chi connectivity index (χ0n) is 15.0. The molecule has 2 aromatic heterocycles. The minimum Gasteiger partial charge on any atom is -0.497 e. The minimum atomic E-state index is 0.224. The van der Waals surface area contributed by atoms with Crippen LogP contribution in [-0.4, -0.2) is 23.3 Å². The van der Waals surface area contributed by atoms with Gasteiger partial charge >= 0.3 is 0 Å². The van der Waals surface area contributed by atoms with Crippen molar-refractivity contribution >= 4 is 16.3 Å². The Hall–Kier alpha value is -3.50. The van der Waals surface area contributed by atoms with Gasteiger partial charge in [0.05, 0.1) is 36.7 Å². The van der Waals surface area contributed by atoms with Gasteiger partial charge in [0.1, 0.15) is 5.75 Å². The lowest BCUT2D eigenvalue weighted by Gasteiger charge is -2.07. The highest BCUT2D eigenvalue weighted by Gasteiger charge is 2.21. The number of nitrogens with zero attached hydrogens (tertiary/aromatic N) is 3. The third kappa shape index (κ3) is 2.58. The number of thiazole rings is 1. The molecule has 0 unspecified atom stereocenters. The number of hydrogen-bond donors (Lipinski definition) is 0. The summed E-state index contributed by atoms with van der Waals surface area (Å²) in [5, 5.41) is 11.5. The number of rotatable bonds is 4. The molecule has 0 aliphatic carbocycles. The van der Waals surface area contributed by atoms with E-state index in [-0.39, 0.29) is 13.2 Å². The summed E-state index contributed by atoms with van der Waals surface area (Å²) in [7, 11) is 1.65. The number of hydrogen-bond acceptors (Lipinski definition) is 6. The molecule has 4 aromatic rings. The van der Waals surface area contributed by atoms with Crippen LogP contribution in [-0.2, 0) is 6.42 Å². The first-order valence-electron chi connectivity index (χ1n) is 8.68. The lowest BCUT2D eigenvalue weighted by molar-refractivity contribution is 0.174. The SMILES string of the molecule is COc1cccc(-c2csc3nc(-c4ccc5c(c4)OCO5)c(CC#N)n23)c1. The number of imidazole rings is 1. The third-order valence-corrected chi connectivity index (χ3v) is 5.54. The highest BCUT2D eigenvalue weighted by atomic mass is 32.1.